The Kier molecular flexibility index (Phi) is 6.07. The van der Waals surface area contributed by atoms with Crippen molar-refractivity contribution in [3.63, 3.8) is 0 Å². The Balaban J connectivity index is 2.86. The number of nitro groups is 1. The third kappa shape index (κ3) is 5.45. The quantitative estimate of drug-likeness (QED) is 0.343. The first-order valence-corrected chi connectivity index (χ1v) is 10.6. The van der Waals surface area contributed by atoms with Crippen LogP contribution in [0.5, 0.6) is 0 Å². The third-order valence-corrected chi connectivity index (χ3v) is 4.90. The average Bonchev–Trinajstić information content (AvgIpc) is 2.68. The zero-order chi connectivity index (χ0) is 16.9. The second-order valence-electron chi connectivity index (χ2n) is 6.27. The predicted octanol–water partition coefficient (Wildman–Crippen LogP) is 3.05. The highest BCUT2D eigenvalue weighted by molar-refractivity contribution is 6.76. The number of aromatic nitrogens is 1. The Bertz CT molecular complexity index is 587. The number of hydrogen-bond donors (Lipinski definition) is 1. The van der Waals surface area contributed by atoms with Crippen molar-refractivity contribution in [2.75, 3.05) is 6.61 Å². The highest BCUT2D eigenvalue weighted by Gasteiger charge is 2.18. The molecule has 1 N–H and O–H groups in total. The van der Waals surface area contributed by atoms with E-state index in [1.165, 1.54) is 6.08 Å². The maximum atomic E-state index is 11.3. The van der Waals surface area contributed by atoms with Crippen molar-refractivity contribution in [3.05, 3.63) is 39.3 Å². The van der Waals surface area contributed by atoms with Crippen LogP contribution in [0.2, 0.25) is 25.7 Å². The smallest absolute Gasteiger partial charge is 0.338 e. The van der Waals surface area contributed by atoms with Gasteiger partial charge < -0.3 is 14.4 Å². The molecular formula is C14H22N2O5Si. The van der Waals surface area contributed by atoms with E-state index in [0.717, 1.165) is 12.2 Å². The molecule has 0 saturated carbocycles. The standard InChI is InChI=1S/C14H22N2O5Si/c1-11-13(14(17)18)12(5-6-16(19)20)9-15(11)10-21-7-8-22(2,3)4/h5-6,9H,7-8,10H2,1-4H3,(H,17,18). The lowest BCUT2D eigenvalue weighted by atomic mass is 10.1. The Morgan fingerprint density at radius 1 is 1.50 bits per heavy atom. The number of nitrogens with zero attached hydrogens (tertiary/aromatic N) is 2. The number of carboxylic acids is 1. The fourth-order valence-corrected chi connectivity index (χ4v) is 2.66. The van der Waals surface area contributed by atoms with Crippen LogP contribution in [0.4, 0.5) is 0 Å². The van der Waals surface area contributed by atoms with Crippen LogP contribution in [-0.4, -0.2) is 35.2 Å². The monoisotopic (exact) mass is 326 g/mol. The van der Waals surface area contributed by atoms with Crippen LogP contribution < -0.4 is 0 Å². The van der Waals surface area contributed by atoms with E-state index in [1.807, 2.05) is 0 Å². The van der Waals surface area contributed by atoms with Crippen LogP contribution in [0.1, 0.15) is 21.6 Å². The van der Waals surface area contributed by atoms with Crippen LogP contribution in [0.25, 0.3) is 6.08 Å². The van der Waals surface area contributed by atoms with Crippen molar-refractivity contribution in [1.82, 2.24) is 4.57 Å². The Morgan fingerprint density at radius 3 is 2.64 bits per heavy atom. The van der Waals surface area contributed by atoms with E-state index < -0.39 is 19.0 Å². The van der Waals surface area contributed by atoms with Gasteiger partial charge in [-0.1, -0.05) is 19.6 Å². The lowest BCUT2D eigenvalue weighted by molar-refractivity contribution is -0.400. The summed E-state index contributed by atoms with van der Waals surface area (Å²) >= 11 is 0. The zero-order valence-corrected chi connectivity index (χ0v) is 14.3. The largest absolute Gasteiger partial charge is 0.478 e. The molecule has 0 aliphatic heterocycles. The molecule has 0 spiro atoms. The van der Waals surface area contributed by atoms with E-state index in [1.54, 1.807) is 17.7 Å². The van der Waals surface area contributed by atoms with Crippen molar-refractivity contribution >= 4 is 20.1 Å². The summed E-state index contributed by atoms with van der Waals surface area (Å²) in [5.74, 6) is -1.11. The van der Waals surface area contributed by atoms with E-state index in [9.17, 15) is 20.0 Å². The molecule has 0 bridgehead atoms. The average molecular weight is 326 g/mol. The van der Waals surface area contributed by atoms with Crippen molar-refractivity contribution in [2.45, 2.75) is 39.3 Å². The highest BCUT2D eigenvalue weighted by atomic mass is 28.3. The number of hydrogen-bond acceptors (Lipinski definition) is 4. The summed E-state index contributed by atoms with van der Waals surface area (Å²) in [6, 6.07) is 1.02. The highest BCUT2D eigenvalue weighted by Crippen LogP contribution is 2.19. The summed E-state index contributed by atoms with van der Waals surface area (Å²) in [6.07, 6.45) is 3.49. The molecule has 1 heterocycles. The van der Waals surface area contributed by atoms with E-state index in [2.05, 4.69) is 19.6 Å². The van der Waals surface area contributed by atoms with E-state index in [0.29, 0.717) is 17.9 Å². The Morgan fingerprint density at radius 2 is 2.14 bits per heavy atom. The first-order valence-electron chi connectivity index (χ1n) is 6.94. The van der Waals surface area contributed by atoms with Gasteiger partial charge in [0.1, 0.15) is 6.73 Å². The van der Waals surface area contributed by atoms with Gasteiger partial charge in [0, 0.05) is 38.2 Å². The van der Waals surface area contributed by atoms with E-state index >= 15 is 0 Å². The summed E-state index contributed by atoms with van der Waals surface area (Å²) in [5, 5.41) is 19.6. The van der Waals surface area contributed by atoms with E-state index in [-0.39, 0.29) is 12.3 Å². The van der Waals surface area contributed by atoms with Gasteiger partial charge in [-0.2, -0.15) is 0 Å². The molecule has 8 heteroatoms. The van der Waals surface area contributed by atoms with Gasteiger partial charge in [-0.15, -0.1) is 0 Å². The number of carboxylic acid groups (broad SMARTS) is 1. The molecule has 0 saturated heterocycles. The molecule has 0 radical (unpaired) electrons. The summed E-state index contributed by atoms with van der Waals surface area (Å²) in [6.45, 7) is 9.27. The van der Waals surface area contributed by atoms with Crippen molar-refractivity contribution in [3.8, 4) is 0 Å². The first-order chi connectivity index (χ1) is 10.1. The van der Waals surface area contributed by atoms with Gasteiger partial charge in [-0.3, -0.25) is 10.1 Å². The Labute approximate surface area is 130 Å². The van der Waals surface area contributed by atoms with Crippen molar-refractivity contribution < 1.29 is 19.6 Å². The molecule has 0 atom stereocenters. The fourth-order valence-electron chi connectivity index (χ4n) is 1.90. The van der Waals surface area contributed by atoms with Crippen molar-refractivity contribution in [2.24, 2.45) is 0 Å². The fraction of sp³-hybridized carbons (Fsp3) is 0.500. The normalized spacial score (nSPS) is 12.0. The summed E-state index contributed by atoms with van der Waals surface area (Å²) in [5.41, 5.74) is 0.880. The van der Waals surface area contributed by atoms with Crippen LogP contribution in [0.15, 0.2) is 12.4 Å². The lowest BCUT2D eigenvalue weighted by Crippen LogP contribution is -2.22. The van der Waals surface area contributed by atoms with E-state index in [4.69, 9.17) is 4.74 Å². The molecule has 0 fully saturated rings. The van der Waals surface area contributed by atoms with Crippen molar-refractivity contribution in [1.29, 1.82) is 0 Å². The molecule has 0 aliphatic carbocycles. The van der Waals surface area contributed by atoms with Crippen LogP contribution >= 0.6 is 0 Å². The maximum absolute atomic E-state index is 11.3. The maximum Gasteiger partial charge on any atom is 0.338 e. The number of ether oxygens (including phenoxy) is 1. The number of rotatable bonds is 8. The van der Waals surface area contributed by atoms with Crippen LogP contribution in [-0.2, 0) is 11.5 Å². The second kappa shape index (κ2) is 7.37. The van der Waals surface area contributed by atoms with Gasteiger partial charge >= 0.3 is 5.97 Å². The van der Waals surface area contributed by atoms with Crippen LogP contribution in [0.3, 0.4) is 0 Å². The third-order valence-electron chi connectivity index (χ3n) is 3.19. The molecule has 7 nitrogen and oxygen atoms in total. The topological polar surface area (TPSA) is 94.6 Å². The molecule has 1 aromatic heterocycles. The number of aromatic carboxylic acids is 1. The molecule has 122 valence electrons. The summed E-state index contributed by atoms with van der Waals surface area (Å²) in [7, 11) is -1.17. The molecule has 0 amide bonds. The molecule has 1 aromatic rings. The number of carbonyl (C=O) groups is 1. The molecular weight excluding hydrogens is 304 g/mol. The second-order valence-corrected chi connectivity index (χ2v) is 11.9. The van der Waals surface area contributed by atoms with Gasteiger partial charge in [0.25, 0.3) is 0 Å². The van der Waals surface area contributed by atoms with Gasteiger partial charge in [-0.05, 0) is 13.0 Å². The summed E-state index contributed by atoms with van der Waals surface area (Å²) in [4.78, 5) is 21.1. The molecule has 0 aliphatic rings. The SMILES string of the molecule is Cc1c(C(=O)O)c(C=C[N+](=O)[O-])cn1COCC[Si](C)(C)C. The lowest BCUT2D eigenvalue weighted by Gasteiger charge is -2.16. The Hall–Kier alpha value is -1.93. The minimum absolute atomic E-state index is 0.0619. The minimum Gasteiger partial charge on any atom is -0.478 e. The molecule has 1 rings (SSSR count). The zero-order valence-electron chi connectivity index (χ0n) is 13.3. The molecule has 0 unspecified atom stereocenters. The molecule has 22 heavy (non-hydrogen) atoms. The predicted molar refractivity (Wildman–Crippen MR) is 86.3 cm³/mol. The van der Waals surface area contributed by atoms with Gasteiger partial charge in [0.15, 0.2) is 0 Å². The van der Waals surface area contributed by atoms with Gasteiger partial charge in [-0.25, -0.2) is 4.79 Å². The minimum atomic E-state index is -1.17. The molecule has 0 aromatic carbocycles. The van der Waals surface area contributed by atoms with Gasteiger partial charge in [0.2, 0.25) is 6.20 Å². The first kappa shape index (κ1) is 18.1. The van der Waals surface area contributed by atoms with Crippen LogP contribution in [0, 0.1) is 17.0 Å². The van der Waals surface area contributed by atoms with Gasteiger partial charge in [0.05, 0.1) is 10.5 Å². The summed E-state index contributed by atoms with van der Waals surface area (Å²) < 4.78 is 7.26.